The first-order valence-electron chi connectivity index (χ1n) is 16.0. The Kier molecular flexibility index (Phi) is 12.3. The minimum atomic E-state index is -1.16. The molecule has 0 heterocycles. The van der Waals surface area contributed by atoms with Crippen LogP contribution in [0.15, 0.2) is 60.7 Å². The molecule has 0 bridgehead atoms. The zero-order valence-corrected chi connectivity index (χ0v) is 28.5. The van der Waals surface area contributed by atoms with Crippen molar-refractivity contribution < 1.29 is 23.9 Å². The van der Waals surface area contributed by atoms with Gasteiger partial charge in [-0.15, -0.1) is 0 Å². The van der Waals surface area contributed by atoms with Crippen molar-refractivity contribution in [3.8, 4) is 0 Å². The number of rotatable bonds is 13. The first-order chi connectivity index (χ1) is 21.5. The highest BCUT2D eigenvalue weighted by molar-refractivity contribution is 6.00. The lowest BCUT2D eigenvalue weighted by atomic mass is 9.94. The van der Waals surface area contributed by atoms with Crippen molar-refractivity contribution in [2.45, 2.75) is 105 Å². The van der Waals surface area contributed by atoms with Gasteiger partial charge in [0.1, 0.15) is 17.7 Å². The molecule has 9 heteroatoms. The van der Waals surface area contributed by atoms with Crippen LogP contribution in [-0.4, -0.2) is 46.4 Å². The summed E-state index contributed by atoms with van der Waals surface area (Å²) < 4.78 is 5.47. The van der Waals surface area contributed by atoms with Crippen LogP contribution in [0.2, 0.25) is 0 Å². The number of hydrogen-bond acceptors (Lipinski definition) is 5. The van der Waals surface area contributed by atoms with Gasteiger partial charge in [-0.1, -0.05) is 73.5 Å². The van der Waals surface area contributed by atoms with E-state index < -0.39 is 47.5 Å². The van der Waals surface area contributed by atoms with Crippen LogP contribution in [0.25, 0.3) is 10.8 Å². The number of nitrogens with zero attached hydrogens (tertiary/aromatic N) is 1. The number of carbonyl (C=O) groups excluding carboxylic acids is 4. The van der Waals surface area contributed by atoms with Crippen LogP contribution < -0.4 is 16.4 Å². The van der Waals surface area contributed by atoms with Gasteiger partial charge in [0.25, 0.3) is 5.91 Å². The smallest absolute Gasteiger partial charge is 0.408 e. The number of nitrogens with two attached hydrogens (primary N) is 1. The first-order valence-corrected chi connectivity index (χ1v) is 16.0. The average molecular weight is 631 g/mol. The average Bonchev–Trinajstić information content (AvgIpc) is 2.94. The van der Waals surface area contributed by atoms with Crippen LogP contribution >= 0.6 is 0 Å². The van der Waals surface area contributed by atoms with E-state index in [4.69, 9.17) is 10.5 Å². The Morgan fingerprint density at radius 1 is 0.848 bits per heavy atom. The Bertz CT molecular complexity index is 1520. The van der Waals surface area contributed by atoms with Crippen molar-refractivity contribution in [1.82, 2.24) is 10.2 Å². The number of nitrogens with one attached hydrogen (secondary N) is 2. The molecule has 0 aliphatic carbocycles. The van der Waals surface area contributed by atoms with Gasteiger partial charge in [0.05, 0.1) is 0 Å². The topological polar surface area (TPSA) is 131 Å². The quantitative estimate of drug-likeness (QED) is 0.188. The maximum Gasteiger partial charge on any atom is 0.408 e. The van der Waals surface area contributed by atoms with Crippen LogP contribution in [0.1, 0.15) is 90.0 Å². The van der Waals surface area contributed by atoms with Crippen molar-refractivity contribution in [2.24, 2.45) is 11.7 Å². The highest BCUT2D eigenvalue weighted by Gasteiger charge is 2.39. The van der Waals surface area contributed by atoms with Gasteiger partial charge >= 0.3 is 6.09 Å². The summed E-state index contributed by atoms with van der Waals surface area (Å²) in [4.78, 5) is 55.5. The van der Waals surface area contributed by atoms with Crippen LogP contribution in [0, 0.1) is 19.8 Å². The van der Waals surface area contributed by atoms with Gasteiger partial charge in [-0.3, -0.25) is 14.4 Å². The molecule has 46 heavy (non-hydrogen) atoms. The Balaban J connectivity index is 2.14. The van der Waals surface area contributed by atoms with E-state index in [1.807, 2.05) is 81.4 Å². The van der Waals surface area contributed by atoms with E-state index in [1.54, 1.807) is 25.7 Å². The molecule has 0 saturated heterocycles. The van der Waals surface area contributed by atoms with Crippen LogP contribution in [0.4, 0.5) is 10.5 Å². The van der Waals surface area contributed by atoms with Gasteiger partial charge < -0.3 is 26.0 Å². The fourth-order valence-corrected chi connectivity index (χ4v) is 5.57. The number of ether oxygens (including phenoxy) is 1. The van der Waals surface area contributed by atoms with Crippen molar-refractivity contribution in [1.29, 1.82) is 0 Å². The van der Waals surface area contributed by atoms with E-state index in [0.29, 0.717) is 23.6 Å². The highest BCUT2D eigenvalue weighted by atomic mass is 16.6. The molecule has 0 aliphatic rings. The lowest BCUT2D eigenvalue weighted by molar-refractivity contribution is -0.143. The second-order valence-electron chi connectivity index (χ2n) is 13.6. The van der Waals surface area contributed by atoms with E-state index in [1.165, 1.54) is 0 Å². The first kappa shape index (κ1) is 36.1. The molecule has 0 radical (unpaired) electrons. The molecular formula is C37H50N4O5. The minimum Gasteiger partial charge on any atom is -0.444 e. The summed E-state index contributed by atoms with van der Waals surface area (Å²) in [5.74, 6) is -1.14. The van der Waals surface area contributed by atoms with E-state index in [2.05, 4.69) is 24.5 Å². The maximum absolute atomic E-state index is 14.7. The van der Waals surface area contributed by atoms with Crippen molar-refractivity contribution >= 4 is 40.3 Å². The van der Waals surface area contributed by atoms with E-state index in [9.17, 15) is 19.2 Å². The largest absolute Gasteiger partial charge is 0.444 e. The molecule has 4 amide bonds. The molecule has 3 aromatic rings. The van der Waals surface area contributed by atoms with Gasteiger partial charge in [-0.2, -0.15) is 0 Å². The number of aryl methyl sites for hydroxylation is 2. The molecule has 0 saturated carbocycles. The number of fused-ring (bicyclic) bond motifs is 1. The van der Waals surface area contributed by atoms with Gasteiger partial charge in [0.2, 0.25) is 11.8 Å². The normalized spacial score (nSPS) is 13.5. The van der Waals surface area contributed by atoms with Crippen molar-refractivity contribution in [3.05, 3.63) is 77.4 Å². The summed E-state index contributed by atoms with van der Waals surface area (Å²) in [7, 11) is 0. The monoisotopic (exact) mass is 630 g/mol. The number of benzene rings is 3. The molecule has 9 nitrogen and oxygen atoms in total. The van der Waals surface area contributed by atoms with Gasteiger partial charge in [-0.05, 0) is 95.2 Å². The molecule has 248 valence electrons. The van der Waals surface area contributed by atoms with Crippen molar-refractivity contribution in [3.63, 3.8) is 0 Å². The number of alkyl carbamates (subject to hydrolysis) is 1. The lowest BCUT2D eigenvalue weighted by Crippen LogP contribution is -2.55. The second kappa shape index (κ2) is 15.7. The molecule has 3 unspecified atom stereocenters. The predicted octanol–water partition coefficient (Wildman–Crippen LogP) is 6.95. The van der Waals surface area contributed by atoms with E-state index in [0.717, 1.165) is 28.3 Å². The summed E-state index contributed by atoms with van der Waals surface area (Å²) >= 11 is 0. The fourth-order valence-electron chi connectivity index (χ4n) is 5.57. The standard InChI is InChI=1S/C37H50N4O5/c1-23(2)13-14-26(5)41(35(44)31(17-18-32(38)42)40-36(45)46-37(6,7)8)33(29-20-24(3)19-25(4)21-29)34(43)39-30-16-15-27-11-9-10-12-28(27)22-30/h9-12,15-16,19-23,26,31,33H,13-14,17-18H2,1-8H3,(H2,38,42)(H,39,43)(H,40,45). The van der Waals surface area contributed by atoms with Gasteiger partial charge in [-0.25, -0.2) is 4.79 Å². The number of anilines is 1. The molecule has 0 fully saturated rings. The third kappa shape index (κ3) is 10.6. The van der Waals surface area contributed by atoms with Crippen LogP contribution in [0.3, 0.4) is 0 Å². The molecule has 0 aromatic heterocycles. The molecule has 3 aromatic carbocycles. The van der Waals surface area contributed by atoms with E-state index >= 15 is 0 Å². The summed E-state index contributed by atoms with van der Waals surface area (Å²) in [6.45, 7) is 15.2. The Hall–Kier alpha value is -4.40. The zero-order chi connectivity index (χ0) is 34.2. The van der Waals surface area contributed by atoms with Crippen molar-refractivity contribution in [2.75, 3.05) is 5.32 Å². The highest BCUT2D eigenvalue weighted by Crippen LogP contribution is 2.31. The van der Waals surface area contributed by atoms with Gasteiger partial charge in [0.15, 0.2) is 0 Å². The third-order valence-corrected chi connectivity index (χ3v) is 7.66. The Morgan fingerprint density at radius 2 is 1.48 bits per heavy atom. The number of primary amides is 1. The summed E-state index contributed by atoms with van der Waals surface area (Å²) in [6, 6.07) is 16.8. The Morgan fingerprint density at radius 3 is 2.07 bits per heavy atom. The molecule has 0 aliphatic heterocycles. The lowest BCUT2D eigenvalue weighted by Gasteiger charge is -2.39. The SMILES string of the molecule is Cc1cc(C)cc(C(C(=O)Nc2ccc3ccccc3c2)N(C(=O)C(CCC(N)=O)NC(=O)OC(C)(C)C)C(C)CCC(C)C)c1. The van der Waals surface area contributed by atoms with Gasteiger partial charge in [0, 0.05) is 18.2 Å². The number of hydrogen-bond donors (Lipinski definition) is 3. The molecule has 0 spiro atoms. The number of amides is 4. The minimum absolute atomic E-state index is 0.0489. The van der Waals surface area contributed by atoms with Crippen LogP contribution in [0.5, 0.6) is 0 Å². The summed E-state index contributed by atoms with van der Waals surface area (Å²) in [5, 5.41) is 7.75. The Labute approximate surface area is 273 Å². The van der Waals surface area contributed by atoms with E-state index in [-0.39, 0.29) is 12.8 Å². The fraction of sp³-hybridized carbons (Fsp3) is 0.459. The summed E-state index contributed by atoms with van der Waals surface area (Å²) in [6.07, 6.45) is 0.434. The predicted molar refractivity (Wildman–Crippen MR) is 183 cm³/mol. The van der Waals surface area contributed by atoms with Crippen LogP contribution in [-0.2, 0) is 19.1 Å². The third-order valence-electron chi connectivity index (χ3n) is 7.66. The second-order valence-corrected chi connectivity index (χ2v) is 13.6. The maximum atomic E-state index is 14.7. The molecular weight excluding hydrogens is 580 g/mol. The molecule has 4 N–H and O–H groups in total. The molecule has 3 rings (SSSR count). The zero-order valence-electron chi connectivity index (χ0n) is 28.5. The number of carbonyl (C=O) groups is 4. The summed E-state index contributed by atoms with van der Waals surface area (Å²) in [5.41, 5.74) is 7.79. The molecule has 3 atom stereocenters.